The van der Waals surface area contributed by atoms with Gasteiger partial charge in [0.1, 0.15) is 19.3 Å². The Labute approximate surface area is 461 Å². The quantitative estimate of drug-likeness (QED) is 0.0205. The molecular weight excluding hydrogens is 952 g/mol. The van der Waals surface area contributed by atoms with E-state index in [1.807, 2.05) is 33.3 Å². The first-order valence-electron chi connectivity index (χ1n) is 30.2. The number of likely N-dealkylation sites (N-methyl/N-ethyl adjacent to an activating group) is 1. The maximum Gasteiger partial charge on any atom is 0.472 e. The molecule has 2 N–H and O–H groups in total. The molecule has 0 heterocycles. The third-order valence-electron chi connectivity index (χ3n) is 12.7. The Kier molecular flexibility index (Phi) is 51.6. The summed E-state index contributed by atoms with van der Waals surface area (Å²) < 4.78 is 30.6. The van der Waals surface area contributed by atoms with E-state index in [0.717, 1.165) is 103 Å². The molecule has 0 bridgehead atoms. The van der Waals surface area contributed by atoms with Crippen LogP contribution >= 0.6 is 7.82 Å². The molecule has 0 saturated carbocycles. The molecule has 9 nitrogen and oxygen atoms in total. The molecule has 0 aliphatic rings. The maximum absolute atomic E-state index is 13.5. The molecule has 0 aromatic rings. The molecule has 3 unspecified atom stereocenters. The van der Waals surface area contributed by atoms with Crippen LogP contribution in [0.4, 0.5) is 0 Å². The zero-order chi connectivity index (χ0) is 55.0. The van der Waals surface area contributed by atoms with Crippen LogP contribution in [-0.4, -0.2) is 74.3 Å². The van der Waals surface area contributed by atoms with Crippen molar-refractivity contribution < 1.29 is 37.3 Å². The van der Waals surface area contributed by atoms with Gasteiger partial charge in [-0.05, 0) is 109 Å². The number of nitrogens with one attached hydrogen (secondary N) is 1. The number of allylic oxidation sites excluding steroid dienone is 17. The molecule has 1 amide bonds. The Bertz CT molecular complexity index is 1650. The fraction of sp³-hybridized carbons (Fsp3) is 0.692. The number of nitrogens with zero attached hydrogens (tertiary/aromatic N) is 1. The van der Waals surface area contributed by atoms with E-state index in [1.165, 1.54) is 96.3 Å². The van der Waals surface area contributed by atoms with Gasteiger partial charge in [-0.15, -0.1) is 0 Å². The van der Waals surface area contributed by atoms with Crippen LogP contribution in [0.15, 0.2) is 109 Å². The molecule has 0 saturated heterocycles. The van der Waals surface area contributed by atoms with Crippen LogP contribution in [0.1, 0.15) is 239 Å². The second-order valence-electron chi connectivity index (χ2n) is 21.1. The second kappa shape index (κ2) is 54.0. The zero-order valence-electron chi connectivity index (χ0n) is 49.0. The highest BCUT2D eigenvalue weighted by Crippen LogP contribution is 2.43. The van der Waals surface area contributed by atoms with Gasteiger partial charge in [-0.3, -0.25) is 18.6 Å². The second-order valence-corrected chi connectivity index (χ2v) is 22.6. The summed E-state index contributed by atoms with van der Waals surface area (Å²) in [6.45, 7) is 6.80. The van der Waals surface area contributed by atoms with Gasteiger partial charge in [-0.1, -0.05) is 227 Å². The Morgan fingerprint density at radius 3 is 1.33 bits per heavy atom. The van der Waals surface area contributed by atoms with Crippen molar-refractivity contribution in [1.29, 1.82) is 0 Å². The molecule has 75 heavy (non-hydrogen) atoms. The first-order valence-corrected chi connectivity index (χ1v) is 31.7. The molecule has 0 rings (SSSR count). The molecule has 0 aromatic heterocycles. The van der Waals surface area contributed by atoms with E-state index >= 15 is 0 Å². The number of ether oxygens (including phenoxy) is 1. The average Bonchev–Trinajstić information content (AvgIpc) is 3.37. The van der Waals surface area contributed by atoms with Crippen molar-refractivity contribution >= 4 is 19.7 Å². The molecule has 430 valence electrons. The van der Waals surface area contributed by atoms with Crippen molar-refractivity contribution in [1.82, 2.24) is 5.32 Å². The lowest BCUT2D eigenvalue weighted by atomic mass is 10.1. The van der Waals surface area contributed by atoms with Crippen LogP contribution in [0.3, 0.4) is 0 Å². The molecule has 0 fully saturated rings. The molecule has 10 heteroatoms. The number of phosphoric acid groups is 1. The number of esters is 1. The van der Waals surface area contributed by atoms with E-state index in [0.29, 0.717) is 17.4 Å². The summed E-state index contributed by atoms with van der Waals surface area (Å²) in [5.74, 6) is -0.589. The summed E-state index contributed by atoms with van der Waals surface area (Å²) in [5.41, 5.74) is 0. The van der Waals surface area contributed by atoms with Gasteiger partial charge in [-0.2, -0.15) is 0 Å². The average molecular weight is 1070 g/mol. The Balaban J connectivity index is 5.34. The monoisotopic (exact) mass is 1070 g/mol. The van der Waals surface area contributed by atoms with Crippen LogP contribution in [0, 0.1) is 0 Å². The summed E-state index contributed by atoms with van der Waals surface area (Å²) in [7, 11) is 1.44. The first kappa shape index (κ1) is 71.7. The van der Waals surface area contributed by atoms with Crippen LogP contribution in [0.5, 0.6) is 0 Å². The normalized spacial score (nSPS) is 14.5. The van der Waals surface area contributed by atoms with Crippen LogP contribution in [-0.2, 0) is 27.9 Å². The van der Waals surface area contributed by atoms with Gasteiger partial charge in [0, 0.05) is 12.8 Å². The Hall–Kier alpha value is -3.33. The van der Waals surface area contributed by atoms with Crippen molar-refractivity contribution in [2.24, 2.45) is 0 Å². The summed E-state index contributed by atoms with van der Waals surface area (Å²) >= 11 is 0. The molecule has 3 atom stereocenters. The van der Waals surface area contributed by atoms with Crippen LogP contribution in [0.25, 0.3) is 0 Å². The number of phosphoric ester groups is 1. The maximum atomic E-state index is 13.5. The third-order valence-corrected chi connectivity index (χ3v) is 13.7. The smallest absolute Gasteiger partial charge is 0.456 e. The predicted molar refractivity (Wildman–Crippen MR) is 323 cm³/mol. The zero-order valence-corrected chi connectivity index (χ0v) is 49.9. The lowest BCUT2D eigenvalue weighted by Crippen LogP contribution is -2.47. The number of quaternary nitrogens is 1. The highest BCUT2D eigenvalue weighted by molar-refractivity contribution is 7.47. The number of unbranched alkanes of at least 4 members (excludes halogenated alkanes) is 21. The van der Waals surface area contributed by atoms with E-state index < -0.39 is 20.0 Å². The predicted octanol–water partition coefficient (Wildman–Crippen LogP) is 18.6. The third kappa shape index (κ3) is 55.2. The summed E-state index contributed by atoms with van der Waals surface area (Å²) in [5, 5.41) is 3.01. The van der Waals surface area contributed by atoms with Gasteiger partial charge in [-0.25, -0.2) is 4.57 Å². The lowest BCUT2D eigenvalue weighted by Gasteiger charge is -2.27. The fourth-order valence-electron chi connectivity index (χ4n) is 8.04. The molecule has 0 aliphatic heterocycles. The highest BCUT2D eigenvalue weighted by atomic mass is 31.2. The van der Waals surface area contributed by atoms with Crippen molar-refractivity contribution in [3.8, 4) is 0 Å². The number of amides is 1. The van der Waals surface area contributed by atoms with E-state index in [-0.39, 0.29) is 37.9 Å². The Morgan fingerprint density at radius 2 is 0.867 bits per heavy atom. The molecule has 0 radical (unpaired) electrons. The van der Waals surface area contributed by atoms with Crippen molar-refractivity contribution in [3.05, 3.63) is 109 Å². The van der Waals surface area contributed by atoms with Crippen LogP contribution < -0.4 is 5.32 Å². The summed E-state index contributed by atoms with van der Waals surface area (Å²) in [6, 6.07) is -0.887. The van der Waals surface area contributed by atoms with Gasteiger partial charge in [0.2, 0.25) is 5.91 Å². The topological polar surface area (TPSA) is 111 Å². The SMILES string of the molecule is CC/C=C\C/C=C\C/C=C\C/C=C\C/C=C\CCCC(=O)NC(COP(=O)(O)OCC[N+](C)(C)C)C(/C=C/CCCCCCCCCCC)OC(=O)CCCCCCCCCC/C=C\C/C=C\C/C=C\CCCCC. The number of rotatable bonds is 53. The van der Waals surface area contributed by atoms with Gasteiger partial charge < -0.3 is 19.4 Å². The molecule has 0 aromatic carbocycles. The van der Waals surface area contributed by atoms with E-state index in [4.69, 9.17) is 13.8 Å². The van der Waals surface area contributed by atoms with Gasteiger partial charge in [0.05, 0.1) is 33.8 Å². The van der Waals surface area contributed by atoms with Gasteiger partial charge in [0.15, 0.2) is 0 Å². The number of hydrogen-bond acceptors (Lipinski definition) is 6. The number of hydrogen-bond donors (Lipinski definition) is 2. The van der Waals surface area contributed by atoms with Crippen molar-refractivity contribution in [2.45, 2.75) is 251 Å². The molecular formula is C65H114N2O7P+. The molecule has 0 spiro atoms. The Morgan fingerprint density at radius 1 is 0.480 bits per heavy atom. The minimum Gasteiger partial charge on any atom is -0.456 e. The van der Waals surface area contributed by atoms with E-state index in [2.05, 4.69) is 123 Å². The van der Waals surface area contributed by atoms with E-state index in [9.17, 15) is 19.0 Å². The summed E-state index contributed by atoms with van der Waals surface area (Å²) in [4.78, 5) is 37.6. The van der Waals surface area contributed by atoms with Gasteiger partial charge in [0.25, 0.3) is 0 Å². The molecule has 0 aliphatic carbocycles. The minimum atomic E-state index is -4.47. The fourth-order valence-corrected chi connectivity index (χ4v) is 8.78. The highest BCUT2D eigenvalue weighted by Gasteiger charge is 2.30. The largest absolute Gasteiger partial charge is 0.472 e. The first-order chi connectivity index (χ1) is 36.4. The number of carbonyl (C=O) groups excluding carboxylic acids is 2. The standard InChI is InChI=1S/C65H113N2O7P/c1-7-10-13-16-19-22-25-27-29-31-32-33-34-36-38-40-43-46-49-52-55-58-65(69)74-63(56-53-50-47-44-41-24-21-18-15-12-9-3)62(61-73-75(70,71)72-60-59-67(4,5)6)66-64(68)57-54-51-48-45-42-39-37-35-30-28-26-23-20-17-14-11-8-2/h11,14,19-20,22-23,27-30,32-33,37,39,45,48,53,56,62-63H,7-10,12-13,15-18,21,24-26,31,34-36,38,40-44,46-47,49-52,54-55,57-61H2,1-6H3,(H-,66,68,70,71)/p+1/b14-11-,22-19-,23-20-,29-27-,30-28-,33-32-,39-37-,48-45-,56-53+. The number of carbonyl (C=O) groups is 2. The van der Waals surface area contributed by atoms with E-state index in [1.54, 1.807) is 0 Å². The van der Waals surface area contributed by atoms with Crippen molar-refractivity contribution in [2.75, 3.05) is 40.9 Å². The van der Waals surface area contributed by atoms with Crippen LogP contribution in [0.2, 0.25) is 0 Å². The summed E-state index contributed by atoms with van der Waals surface area (Å²) in [6.07, 6.45) is 73.8. The minimum absolute atomic E-state index is 0.0228. The van der Waals surface area contributed by atoms with Gasteiger partial charge >= 0.3 is 13.8 Å². The van der Waals surface area contributed by atoms with Crippen molar-refractivity contribution in [3.63, 3.8) is 0 Å². The lowest BCUT2D eigenvalue weighted by molar-refractivity contribution is -0.870.